The molecule has 0 saturated carbocycles. The van der Waals surface area contributed by atoms with Crippen LogP contribution in [0.1, 0.15) is 33.1 Å². The molecular formula is C17H35N3O. The third kappa shape index (κ3) is 5.20. The van der Waals surface area contributed by atoms with Crippen LogP contribution in [0.15, 0.2) is 0 Å². The Morgan fingerprint density at radius 3 is 2.81 bits per heavy atom. The lowest BCUT2D eigenvalue weighted by Gasteiger charge is -2.35. The molecule has 0 aromatic carbocycles. The fraction of sp³-hybridized carbons (Fsp3) is 1.00. The molecule has 2 aliphatic rings. The summed E-state index contributed by atoms with van der Waals surface area (Å²) in [6, 6.07) is 0.748. The summed E-state index contributed by atoms with van der Waals surface area (Å²) in [6.07, 6.45) is 3.91. The van der Waals surface area contributed by atoms with E-state index in [-0.39, 0.29) is 0 Å². The van der Waals surface area contributed by atoms with Gasteiger partial charge < -0.3 is 19.9 Å². The van der Waals surface area contributed by atoms with E-state index >= 15 is 0 Å². The van der Waals surface area contributed by atoms with Gasteiger partial charge in [-0.2, -0.15) is 0 Å². The normalized spacial score (nSPS) is 30.9. The van der Waals surface area contributed by atoms with Crippen molar-refractivity contribution < 1.29 is 4.74 Å². The summed E-state index contributed by atoms with van der Waals surface area (Å²) >= 11 is 0. The zero-order valence-corrected chi connectivity index (χ0v) is 14.5. The molecule has 2 atom stereocenters. The highest BCUT2D eigenvalue weighted by molar-refractivity contribution is 4.89. The van der Waals surface area contributed by atoms with Gasteiger partial charge in [0.25, 0.3) is 0 Å². The minimum atomic E-state index is 0.320. The molecule has 2 saturated heterocycles. The smallest absolute Gasteiger partial charge is 0.0547 e. The largest absolute Gasteiger partial charge is 0.381 e. The first-order chi connectivity index (χ1) is 10.0. The molecule has 4 nitrogen and oxygen atoms in total. The van der Waals surface area contributed by atoms with Gasteiger partial charge in [0.1, 0.15) is 0 Å². The molecule has 0 bridgehead atoms. The van der Waals surface area contributed by atoms with Gasteiger partial charge in [-0.15, -0.1) is 0 Å². The fourth-order valence-corrected chi connectivity index (χ4v) is 3.80. The summed E-state index contributed by atoms with van der Waals surface area (Å²) in [5.74, 6) is 0.717. The van der Waals surface area contributed by atoms with Gasteiger partial charge in [0, 0.05) is 37.7 Å². The monoisotopic (exact) mass is 297 g/mol. The van der Waals surface area contributed by atoms with E-state index in [1.165, 1.54) is 32.4 Å². The van der Waals surface area contributed by atoms with E-state index in [9.17, 15) is 0 Å². The van der Waals surface area contributed by atoms with E-state index in [4.69, 9.17) is 4.74 Å². The van der Waals surface area contributed by atoms with E-state index in [0.717, 1.165) is 38.9 Å². The lowest BCUT2D eigenvalue weighted by Crippen LogP contribution is -2.47. The Bertz CT molecular complexity index is 302. The molecule has 0 spiro atoms. The topological polar surface area (TPSA) is 27.7 Å². The Morgan fingerprint density at radius 2 is 2.24 bits per heavy atom. The van der Waals surface area contributed by atoms with Crippen LogP contribution in [0.5, 0.6) is 0 Å². The second kappa shape index (κ2) is 7.91. The zero-order valence-electron chi connectivity index (χ0n) is 14.5. The van der Waals surface area contributed by atoms with Gasteiger partial charge in [0.2, 0.25) is 0 Å². The third-order valence-corrected chi connectivity index (χ3v) is 5.04. The van der Waals surface area contributed by atoms with Crippen LogP contribution >= 0.6 is 0 Å². The Morgan fingerprint density at radius 1 is 1.43 bits per heavy atom. The first-order valence-corrected chi connectivity index (χ1v) is 8.68. The van der Waals surface area contributed by atoms with Crippen LogP contribution in [-0.2, 0) is 4.74 Å². The summed E-state index contributed by atoms with van der Waals surface area (Å²) in [4.78, 5) is 5.06. The van der Waals surface area contributed by atoms with Crippen LogP contribution in [0.3, 0.4) is 0 Å². The van der Waals surface area contributed by atoms with Crippen molar-refractivity contribution in [2.45, 2.75) is 39.2 Å². The van der Waals surface area contributed by atoms with Gasteiger partial charge in [-0.1, -0.05) is 13.8 Å². The SMILES string of the molecule is CC(C)CNCC1(CN(C)CC2CCCN2C)CCOC1. The molecule has 0 amide bonds. The molecule has 2 aliphatic heterocycles. The predicted molar refractivity (Wildman–Crippen MR) is 88.7 cm³/mol. The van der Waals surface area contributed by atoms with Crippen molar-refractivity contribution in [1.29, 1.82) is 0 Å². The molecule has 124 valence electrons. The second-order valence-corrected chi connectivity index (χ2v) is 7.80. The van der Waals surface area contributed by atoms with Gasteiger partial charge in [-0.25, -0.2) is 0 Å². The first-order valence-electron chi connectivity index (χ1n) is 8.68. The number of nitrogens with zero attached hydrogens (tertiary/aromatic N) is 2. The maximum atomic E-state index is 5.73. The Kier molecular flexibility index (Phi) is 6.48. The van der Waals surface area contributed by atoms with Gasteiger partial charge in [0.15, 0.2) is 0 Å². The number of hydrogen-bond donors (Lipinski definition) is 1. The second-order valence-electron chi connectivity index (χ2n) is 7.80. The highest BCUT2D eigenvalue weighted by Gasteiger charge is 2.36. The number of hydrogen-bond acceptors (Lipinski definition) is 4. The summed E-state index contributed by atoms with van der Waals surface area (Å²) in [6.45, 7) is 12.2. The minimum Gasteiger partial charge on any atom is -0.381 e. The van der Waals surface area contributed by atoms with E-state index in [2.05, 4.69) is 43.1 Å². The van der Waals surface area contributed by atoms with Crippen molar-refractivity contribution in [1.82, 2.24) is 15.1 Å². The predicted octanol–water partition coefficient (Wildman–Crippen LogP) is 1.66. The van der Waals surface area contributed by atoms with E-state index < -0.39 is 0 Å². The minimum absolute atomic E-state index is 0.320. The lowest BCUT2D eigenvalue weighted by molar-refractivity contribution is 0.107. The molecule has 2 fully saturated rings. The number of rotatable bonds is 8. The molecule has 21 heavy (non-hydrogen) atoms. The van der Waals surface area contributed by atoms with Crippen molar-refractivity contribution in [3.05, 3.63) is 0 Å². The number of likely N-dealkylation sites (N-methyl/N-ethyl adjacent to an activating group) is 2. The first kappa shape index (κ1) is 17.2. The molecule has 0 aliphatic carbocycles. The van der Waals surface area contributed by atoms with E-state index in [0.29, 0.717) is 11.3 Å². The van der Waals surface area contributed by atoms with Crippen LogP contribution in [0.25, 0.3) is 0 Å². The molecule has 4 heteroatoms. The maximum Gasteiger partial charge on any atom is 0.0547 e. The summed E-state index contributed by atoms with van der Waals surface area (Å²) in [7, 11) is 4.55. The van der Waals surface area contributed by atoms with Crippen LogP contribution in [0.2, 0.25) is 0 Å². The van der Waals surface area contributed by atoms with Crippen LogP contribution in [0.4, 0.5) is 0 Å². The summed E-state index contributed by atoms with van der Waals surface area (Å²) < 4.78 is 5.73. The van der Waals surface area contributed by atoms with Crippen molar-refractivity contribution in [3.63, 3.8) is 0 Å². The molecule has 0 aromatic heterocycles. The van der Waals surface area contributed by atoms with Crippen molar-refractivity contribution in [2.75, 3.05) is 60.0 Å². The van der Waals surface area contributed by atoms with Gasteiger partial charge in [-0.3, -0.25) is 0 Å². The maximum absolute atomic E-state index is 5.73. The van der Waals surface area contributed by atoms with Gasteiger partial charge in [-0.05, 0) is 52.4 Å². The van der Waals surface area contributed by atoms with Crippen LogP contribution in [-0.4, -0.2) is 75.9 Å². The molecule has 2 unspecified atom stereocenters. The van der Waals surface area contributed by atoms with Crippen LogP contribution in [0, 0.1) is 11.3 Å². The van der Waals surface area contributed by atoms with Crippen LogP contribution < -0.4 is 5.32 Å². The standard InChI is InChI=1S/C17H35N3O/c1-15(2)10-18-12-17(7-9-21-14-17)13-19(3)11-16-6-5-8-20(16)4/h15-16,18H,5-14H2,1-4H3. The highest BCUT2D eigenvalue weighted by Crippen LogP contribution is 2.29. The molecule has 0 aromatic rings. The van der Waals surface area contributed by atoms with Crippen molar-refractivity contribution in [3.8, 4) is 0 Å². The Labute approximate surface area is 131 Å². The fourth-order valence-electron chi connectivity index (χ4n) is 3.80. The lowest BCUT2D eigenvalue weighted by atomic mass is 9.86. The molecule has 0 radical (unpaired) electrons. The Hall–Kier alpha value is -0.160. The van der Waals surface area contributed by atoms with E-state index in [1.807, 2.05) is 0 Å². The summed E-state index contributed by atoms with van der Waals surface area (Å²) in [5, 5.41) is 3.66. The quantitative estimate of drug-likeness (QED) is 0.737. The van der Waals surface area contributed by atoms with Gasteiger partial charge in [0.05, 0.1) is 6.61 Å². The highest BCUT2D eigenvalue weighted by atomic mass is 16.5. The molecular weight excluding hydrogens is 262 g/mol. The average Bonchev–Trinajstić information content (AvgIpc) is 3.00. The Balaban J connectivity index is 1.80. The zero-order chi connectivity index (χ0) is 15.3. The molecule has 1 N–H and O–H groups in total. The van der Waals surface area contributed by atoms with Gasteiger partial charge >= 0.3 is 0 Å². The van der Waals surface area contributed by atoms with Crippen molar-refractivity contribution >= 4 is 0 Å². The number of ether oxygens (including phenoxy) is 1. The average molecular weight is 297 g/mol. The number of nitrogens with one attached hydrogen (secondary N) is 1. The van der Waals surface area contributed by atoms with Crippen molar-refractivity contribution in [2.24, 2.45) is 11.3 Å². The third-order valence-electron chi connectivity index (χ3n) is 5.04. The summed E-state index contributed by atoms with van der Waals surface area (Å²) in [5.41, 5.74) is 0.320. The molecule has 2 rings (SSSR count). The van der Waals surface area contributed by atoms with E-state index in [1.54, 1.807) is 0 Å². The number of likely N-dealkylation sites (tertiary alicyclic amines) is 1. The molecule has 2 heterocycles.